The number of hydrogen-bond donors (Lipinski definition) is 2. The first kappa shape index (κ1) is 23.2. The number of nitrogens with one attached hydrogen (secondary N) is 2. The molecule has 0 bridgehead atoms. The summed E-state index contributed by atoms with van der Waals surface area (Å²) in [6, 6.07) is 13.8. The van der Waals surface area contributed by atoms with Crippen LogP contribution in [0.5, 0.6) is 5.75 Å². The largest absolute Gasteiger partial charge is 0.496 e. The van der Waals surface area contributed by atoms with E-state index in [1.807, 2.05) is 18.2 Å². The summed E-state index contributed by atoms with van der Waals surface area (Å²) in [5.74, 6) is -0.479. The van der Waals surface area contributed by atoms with Gasteiger partial charge in [-0.1, -0.05) is 29.8 Å². The zero-order valence-electron chi connectivity index (χ0n) is 16.9. The van der Waals surface area contributed by atoms with E-state index in [4.69, 9.17) is 21.1 Å². The topological polar surface area (TPSA) is 93.7 Å². The van der Waals surface area contributed by atoms with Crippen LogP contribution in [0.1, 0.15) is 35.7 Å². The van der Waals surface area contributed by atoms with Crippen LogP contribution in [0.2, 0.25) is 5.02 Å². The predicted octanol–water partition coefficient (Wildman–Crippen LogP) is 3.11. The van der Waals surface area contributed by atoms with Crippen LogP contribution in [0.4, 0.5) is 0 Å². The molecule has 2 rings (SSSR count). The minimum Gasteiger partial charge on any atom is -0.496 e. The summed E-state index contributed by atoms with van der Waals surface area (Å²) < 4.78 is 10.4. The number of hydrogen-bond acceptors (Lipinski definition) is 5. The lowest BCUT2D eigenvalue weighted by Gasteiger charge is -2.14. The van der Waals surface area contributed by atoms with Crippen molar-refractivity contribution in [2.75, 3.05) is 13.7 Å². The number of methoxy groups -OCH3 is 1. The molecule has 0 aliphatic rings. The maximum absolute atomic E-state index is 12.2. The minimum atomic E-state index is -0.920. The van der Waals surface area contributed by atoms with Crippen LogP contribution < -0.4 is 15.4 Å². The maximum Gasteiger partial charge on any atom is 0.306 e. The van der Waals surface area contributed by atoms with E-state index in [1.54, 1.807) is 37.4 Å². The van der Waals surface area contributed by atoms with Crippen LogP contribution in [0.3, 0.4) is 0 Å². The molecule has 2 N–H and O–H groups in total. The van der Waals surface area contributed by atoms with Crippen molar-refractivity contribution in [1.29, 1.82) is 0 Å². The molecule has 2 amide bonds. The van der Waals surface area contributed by atoms with Crippen LogP contribution in [-0.4, -0.2) is 37.5 Å². The molecule has 0 aromatic heterocycles. The van der Waals surface area contributed by atoms with Crippen molar-refractivity contribution in [3.63, 3.8) is 0 Å². The monoisotopic (exact) mass is 432 g/mol. The van der Waals surface area contributed by atoms with Crippen molar-refractivity contribution in [1.82, 2.24) is 10.6 Å². The fourth-order valence-electron chi connectivity index (χ4n) is 2.62. The van der Waals surface area contributed by atoms with Crippen LogP contribution >= 0.6 is 11.6 Å². The number of carbonyl (C=O) groups excluding carboxylic acids is 3. The number of para-hydroxylation sites is 1. The molecule has 160 valence electrons. The second-order valence-electron chi connectivity index (χ2n) is 6.53. The van der Waals surface area contributed by atoms with E-state index in [1.165, 1.54) is 6.92 Å². The molecule has 30 heavy (non-hydrogen) atoms. The van der Waals surface area contributed by atoms with E-state index < -0.39 is 18.0 Å². The average molecular weight is 433 g/mol. The van der Waals surface area contributed by atoms with Gasteiger partial charge < -0.3 is 20.1 Å². The molecular weight excluding hydrogens is 408 g/mol. The third-order valence-corrected chi connectivity index (χ3v) is 4.52. The van der Waals surface area contributed by atoms with E-state index in [2.05, 4.69) is 10.6 Å². The Bertz CT molecular complexity index is 870. The molecule has 1 unspecified atom stereocenters. The summed E-state index contributed by atoms with van der Waals surface area (Å²) >= 11 is 5.79. The zero-order valence-corrected chi connectivity index (χ0v) is 17.7. The van der Waals surface area contributed by atoms with Gasteiger partial charge in [-0.05, 0) is 43.7 Å². The summed E-state index contributed by atoms with van der Waals surface area (Å²) in [4.78, 5) is 36.1. The molecule has 2 aromatic carbocycles. The molecule has 0 heterocycles. The van der Waals surface area contributed by atoms with Gasteiger partial charge in [-0.3, -0.25) is 14.4 Å². The lowest BCUT2D eigenvalue weighted by atomic mass is 10.2. The Labute approximate surface area is 180 Å². The quantitative estimate of drug-likeness (QED) is 0.444. The number of ether oxygens (including phenoxy) is 2. The van der Waals surface area contributed by atoms with Gasteiger partial charge in [-0.25, -0.2) is 0 Å². The number of halogens is 1. The molecule has 0 saturated heterocycles. The first-order valence-corrected chi connectivity index (χ1v) is 9.91. The molecule has 0 aliphatic carbocycles. The smallest absolute Gasteiger partial charge is 0.306 e. The van der Waals surface area contributed by atoms with Gasteiger partial charge in [-0.2, -0.15) is 0 Å². The molecule has 0 radical (unpaired) electrons. The highest BCUT2D eigenvalue weighted by Gasteiger charge is 2.18. The lowest BCUT2D eigenvalue weighted by Crippen LogP contribution is -2.35. The Kier molecular flexibility index (Phi) is 9.15. The third-order valence-electron chi connectivity index (χ3n) is 4.27. The lowest BCUT2D eigenvalue weighted by molar-refractivity contribution is -0.154. The standard InChI is InChI=1S/C22H25ClN2O5/c1-15(21(27)25-14-17-6-3-4-7-19(17)29-2)30-20(26)8-5-13-24-22(28)16-9-11-18(23)12-10-16/h3-4,6-7,9-12,15H,5,8,13-14H2,1-2H3,(H,24,28)(H,25,27). The summed E-state index contributed by atoms with van der Waals surface area (Å²) in [7, 11) is 1.56. The Hall–Kier alpha value is -3.06. The van der Waals surface area contributed by atoms with E-state index in [-0.39, 0.29) is 18.9 Å². The fraction of sp³-hybridized carbons (Fsp3) is 0.318. The van der Waals surface area contributed by atoms with Gasteiger partial charge in [0.25, 0.3) is 11.8 Å². The Morgan fingerprint density at radius 2 is 1.73 bits per heavy atom. The van der Waals surface area contributed by atoms with Crippen molar-refractivity contribution in [2.24, 2.45) is 0 Å². The summed E-state index contributed by atoms with van der Waals surface area (Å²) in [5.41, 5.74) is 1.31. The Morgan fingerprint density at radius 1 is 1.03 bits per heavy atom. The highest BCUT2D eigenvalue weighted by atomic mass is 35.5. The normalized spacial score (nSPS) is 11.3. The molecule has 0 spiro atoms. The van der Waals surface area contributed by atoms with Gasteiger partial charge in [0.05, 0.1) is 7.11 Å². The summed E-state index contributed by atoms with van der Waals surface area (Å²) in [6.07, 6.45) is -0.436. The maximum atomic E-state index is 12.2. The van der Waals surface area contributed by atoms with Gasteiger partial charge in [0.1, 0.15) is 5.75 Å². The van der Waals surface area contributed by atoms with Crippen molar-refractivity contribution < 1.29 is 23.9 Å². The van der Waals surface area contributed by atoms with Crippen molar-refractivity contribution in [2.45, 2.75) is 32.4 Å². The van der Waals surface area contributed by atoms with Crippen LogP contribution in [-0.2, 0) is 20.9 Å². The number of esters is 1. The summed E-state index contributed by atoms with van der Waals surface area (Å²) in [6.45, 7) is 2.09. The van der Waals surface area contributed by atoms with Crippen molar-refractivity contribution >= 4 is 29.4 Å². The number of carbonyl (C=O) groups is 3. The third kappa shape index (κ3) is 7.40. The van der Waals surface area contributed by atoms with E-state index in [0.29, 0.717) is 29.3 Å². The van der Waals surface area contributed by atoms with Crippen LogP contribution in [0.15, 0.2) is 48.5 Å². The molecule has 2 aromatic rings. The predicted molar refractivity (Wildman–Crippen MR) is 113 cm³/mol. The minimum absolute atomic E-state index is 0.0883. The summed E-state index contributed by atoms with van der Waals surface area (Å²) in [5, 5.41) is 5.99. The first-order valence-electron chi connectivity index (χ1n) is 9.53. The number of amides is 2. The Balaban J connectivity index is 1.66. The van der Waals surface area contributed by atoms with Crippen LogP contribution in [0, 0.1) is 0 Å². The van der Waals surface area contributed by atoms with Gasteiger partial charge in [0, 0.05) is 35.7 Å². The molecule has 0 fully saturated rings. The molecule has 1 atom stereocenters. The van der Waals surface area contributed by atoms with E-state index in [0.717, 1.165) is 5.56 Å². The molecular formula is C22H25ClN2O5. The van der Waals surface area contributed by atoms with Crippen molar-refractivity contribution in [3.8, 4) is 5.75 Å². The fourth-order valence-corrected chi connectivity index (χ4v) is 2.75. The van der Waals surface area contributed by atoms with Gasteiger partial charge >= 0.3 is 5.97 Å². The van der Waals surface area contributed by atoms with E-state index in [9.17, 15) is 14.4 Å². The molecule has 0 saturated carbocycles. The highest BCUT2D eigenvalue weighted by Crippen LogP contribution is 2.16. The van der Waals surface area contributed by atoms with Crippen LogP contribution in [0.25, 0.3) is 0 Å². The zero-order chi connectivity index (χ0) is 21.9. The molecule has 8 heteroatoms. The van der Waals surface area contributed by atoms with Crippen molar-refractivity contribution in [3.05, 3.63) is 64.7 Å². The number of rotatable bonds is 10. The second-order valence-corrected chi connectivity index (χ2v) is 6.96. The molecule has 0 aliphatic heterocycles. The van der Waals surface area contributed by atoms with E-state index >= 15 is 0 Å². The van der Waals surface area contributed by atoms with Gasteiger partial charge in [0.15, 0.2) is 6.10 Å². The SMILES string of the molecule is COc1ccccc1CNC(=O)C(C)OC(=O)CCCNC(=O)c1ccc(Cl)cc1. The first-order chi connectivity index (χ1) is 14.4. The Morgan fingerprint density at radius 3 is 2.43 bits per heavy atom. The highest BCUT2D eigenvalue weighted by molar-refractivity contribution is 6.30. The second kappa shape index (κ2) is 11.8. The van der Waals surface area contributed by atoms with Gasteiger partial charge in [0.2, 0.25) is 0 Å². The molecule has 7 nitrogen and oxygen atoms in total. The van der Waals surface area contributed by atoms with Gasteiger partial charge in [-0.15, -0.1) is 0 Å². The average Bonchev–Trinajstić information content (AvgIpc) is 2.75. The number of benzene rings is 2.